The van der Waals surface area contributed by atoms with E-state index in [-0.39, 0.29) is 31.4 Å². The van der Waals surface area contributed by atoms with Gasteiger partial charge in [-0.3, -0.25) is 14.4 Å². The number of rotatable bonds is 15. The van der Waals surface area contributed by atoms with Gasteiger partial charge in [-0.25, -0.2) is 4.79 Å². The monoisotopic (exact) mass is 552 g/mol. The van der Waals surface area contributed by atoms with E-state index in [1.54, 1.807) is 13.8 Å². The molecule has 0 spiro atoms. The first kappa shape index (κ1) is 32.0. The van der Waals surface area contributed by atoms with Gasteiger partial charge in [0.05, 0.1) is 6.54 Å². The van der Waals surface area contributed by atoms with Crippen LogP contribution in [0.3, 0.4) is 0 Å². The number of amides is 4. The molecule has 10 nitrogen and oxygen atoms in total. The highest BCUT2D eigenvalue weighted by atomic mass is 16.5. The lowest BCUT2D eigenvalue weighted by Crippen LogP contribution is -2.58. The van der Waals surface area contributed by atoms with Gasteiger partial charge in [0.1, 0.15) is 31.0 Å². The highest BCUT2D eigenvalue weighted by Gasteiger charge is 2.31. The summed E-state index contributed by atoms with van der Waals surface area (Å²) in [6.45, 7) is 7.22. The molecule has 0 unspecified atom stereocenters. The van der Waals surface area contributed by atoms with E-state index in [9.17, 15) is 24.0 Å². The molecule has 0 fully saturated rings. The van der Waals surface area contributed by atoms with Crippen molar-refractivity contribution >= 4 is 30.1 Å². The number of alkyl carbamates (subject to hydrolysis) is 1. The summed E-state index contributed by atoms with van der Waals surface area (Å²) in [6.07, 6.45) is 0.306. The fourth-order valence-corrected chi connectivity index (χ4v) is 3.99. The van der Waals surface area contributed by atoms with Crippen LogP contribution in [0.1, 0.15) is 45.2 Å². The van der Waals surface area contributed by atoms with Gasteiger partial charge in [0, 0.05) is 6.42 Å². The number of benzene rings is 2. The highest BCUT2D eigenvalue weighted by molar-refractivity contribution is 5.94. The first-order valence-electron chi connectivity index (χ1n) is 13.4. The SMILES string of the molecule is CC(C)C[C@H](NC(=O)[C@@H](NC(=O)OCc1ccccc1)C(C)C)C(=O)N[C@@H](Cc1ccccc1)C(=O)NCC=O. The smallest absolute Gasteiger partial charge is 0.408 e. The second-order valence-electron chi connectivity index (χ2n) is 10.3. The topological polar surface area (TPSA) is 143 Å². The highest BCUT2D eigenvalue weighted by Crippen LogP contribution is 2.10. The molecule has 0 aromatic heterocycles. The average molecular weight is 553 g/mol. The molecule has 0 aliphatic heterocycles. The second kappa shape index (κ2) is 16.7. The molecule has 0 saturated carbocycles. The first-order valence-corrected chi connectivity index (χ1v) is 13.4. The molecule has 0 saturated heterocycles. The summed E-state index contributed by atoms with van der Waals surface area (Å²) in [6, 6.07) is 15.4. The van der Waals surface area contributed by atoms with E-state index in [1.165, 1.54) is 0 Å². The fourth-order valence-electron chi connectivity index (χ4n) is 3.99. The number of hydrogen-bond acceptors (Lipinski definition) is 6. The molecule has 216 valence electrons. The van der Waals surface area contributed by atoms with Crippen molar-refractivity contribution < 1.29 is 28.7 Å². The summed E-state index contributed by atoms with van der Waals surface area (Å²) in [5.41, 5.74) is 1.62. The van der Waals surface area contributed by atoms with Gasteiger partial charge < -0.3 is 30.8 Å². The van der Waals surface area contributed by atoms with Crippen molar-refractivity contribution in [3.63, 3.8) is 0 Å². The van der Waals surface area contributed by atoms with Crippen molar-refractivity contribution in [2.24, 2.45) is 11.8 Å². The fraction of sp³-hybridized carbons (Fsp3) is 0.433. The third-order valence-corrected chi connectivity index (χ3v) is 6.05. The predicted octanol–water partition coefficient (Wildman–Crippen LogP) is 2.51. The zero-order valence-corrected chi connectivity index (χ0v) is 23.5. The van der Waals surface area contributed by atoms with Crippen LogP contribution >= 0.6 is 0 Å². The molecule has 0 aliphatic rings. The number of ether oxygens (including phenoxy) is 1. The van der Waals surface area contributed by atoms with E-state index in [1.807, 2.05) is 74.5 Å². The summed E-state index contributed by atoms with van der Waals surface area (Å²) in [7, 11) is 0. The molecule has 0 aliphatic carbocycles. The van der Waals surface area contributed by atoms with Crippen LogP contribution in [0.15, 0.2) is 60.7 Å². The third kappa shape index (κ3) is 11.3. The second-order valence-corrected chi connectivity index (χ2v) is 10.3. The Morgan fingerprint density at radius 3 is 1.88 bits per heavy atom. The van der Waals surface area contributed by atoms with Gasteiger partial charge in [-0.15, -0.1) is 0 Å². The number of nitrogens with one attached hydrogen (secondary N) is 4. The molecule has 10 heteroatoms. The maximum Gasteiger partial charge on any atom is 0.408 e. The Morgan fingerprint density at radius 1 is 0.750 bits per heavy atom. The molecule has 2 rings (SSSR count). The van der Waals surface area contributed by atoms with Gasteiger partial charge in [0.2, 0.25) is 17.7 Å². The summed E-state index contributed by atoms with van der Waals surface area (Å²) in [5.74, 6) is -1.86. The molecule has 2 aromatic carbocycles. The van der Waals surface area contributed by atoms with E-state index < -0.39 is 41.9 Å². The standard InChI is InChI=1S/C30H40N4O6/c1-20(2)17-24(28(37)32-25(27(36)31-15-16-35)18-22-11-7-5-8-12-22)33-29(38)26(21(3)4)34-30(39)40-19-23-13-9-6-10-14-23/h5-14,16,20-21,24-26H,15,17-19H2,1-4H3,(H,31,36)(H,32,37)(H,33,38)(H,34,39)/t24-,25-,26-/m0/s1. The molecule has 4 N–H and O–H groups in total. The van der Waals surface area contributed by atoms with Crippen LogP contribution < -0.4 is 21.3 Å². The van der Waals surface area contributed by atoms with Crippen LogP contribution in [0.4, 0.5) is 4.79 Å². The van der Waals surface area contributed by atoms with E-state index >= 15 is 0 Å². The normalized spacial score (nSPS) is 13.1. The number of aldehydes is 1. The largest absolute Gasteiger partial charge is 0.445 e. The van der Waals surface area contributed by atoms with Crippen LogP contribution in [0.2, 0.25) is 0 Å². The van der Waals surface area contributed by atoms with Gasteiger partial charge in [-0.1, -0.05) is 88.4 Å². The van der Waals surface area contributed by atoms with Gasteiger partial charge in [0.15, 0.2) is 0 Å². The molecular weight excluding hydrogens is 512 g/mol. The zero-order chi connectivity index (χ0) is 29.5. The van der Waals surface area contributed by atoms with Gasteiger partial charge in [-0.05, 0) is 29.4 Å². The van der Waals surface area contributed by atoms with Crippen molar-refractivity contribution in [1.29, 1.82) is 0 Å². The van der Waals surface area contributed by atoms with E-state index in [0.29, 0.717) is 12.7 Å². The summed E-state index contributed by atoms with van der Waals surface area (Å²) < 4.78 is 5.27. The Morgan fingerprint density at radius 2 is 1.32 bits per heavy atom. The molecule has 3 atom stereocenters. The quantitative estimate of drug-likeness (QED) is 0.250. The lowest BCUT2D eigenvalue weighted by molar-refractivity contribution is -0.133. The summed E-state index contributed by atoms with van der Waals surface area (Å²) in [5, 5.41) is 10.6. The minimum Gasteiger partial charge on any atom is -0.445 e. The number of carbonyl (C=O) groups is 5. The van der Waals surface area contributed by atoms with Crippen molar-refractivity contribution in [1.82, 2.24) is 21.3 Å². The van der Waals surface area contributed by atoms with Crippen molar-refractivity contribution in [2.75, 3.05) is 6.54 Å². The third-order valence-electron chi connectivity index (χ3n) is 6.05. The van der Waals surface area contributed by atoms with Gasteiger partial charge in [-0.2, -0.15) is 0 Å². The van der Waals surface area contributed by atoms with E-state index in [0.717, 1.165) is 11.1 Å². The maximum atomic E-state index is 13.4. The first-order chi connectivity index (χ1) is 19.1. The Kier molecular flexibility index (Phi) is 13.4. The minimum atomic E-state index is -0.965. The molecule has 40 heavy (non-hydrogen) atoms. The van der Waals surface area contributed by atoms with Crippen molar-refractivity contribution in [2.45, 2.75) is 65.3 Å². The van der Waals surface area contributed by atoms with Crippen LogP contribution in [-0.2, 0) is 36.9 Å². The van der Waals surface area contributed by atoms with Crippen LogP contribution in [0.25, 0.3) is 0 Å². The zero-order valence-electron chi connectivity index (χ0n) is 23.5. The number of carbonyl (C=O) groups excluding carboxylic acids is 5. The summed E-state index contributed by atoms with van der Waals surface area (Å²) >= 11 is 0. The molecule has 4 amide bonds. The van der Waals surface area contributed by atoms with Gasteiger partial charge in [0.25, 0.3) is 0 Å². The average Bonchev–Trinajstić information content (AvgIpc) is 2.93. The van der Waals surface area contributed by atoms with Crippen molar-refractivity contribution in [3.05, 3.63) is 71.8 Å². The number of hydrogen-bond donors (Lipinski definition) is 4. The van der Waals surface area contributed by atoms with Crippen LogP contribution in [0.5, 0.6) is 0 Å². The Labute approximate surface area is 235 Å². The Hall–Kier alpha value is -4.21. The van der Waals surface area contributed by atoms with Gasteiger partial charge >= 0.3 is 6.09 Å². The lowest BCUT2D eigenvalue weighted by atomic mass is 9.99. The molecule has 0 radical (unpaired) electrons. The predicted molar refractivity (Wildman–Crippen MR) is 151 cm³/mol. The maximum absolute atomic E-state index is 13.4. The molecule has 0 bridgehead atoms. The van der Waals surface area contributed by atoms with Crippen molar-refractivity contribution in [3.8, 4) is 0 Å². The lowest BCUT2D eigenvalue weighted by Gasteiger charge is -2.27. The molecular formula is C30H40N4O6. The van der Waals surface area contributed by atoms with Crippen LogP contribution in [0, 0.1) is 11.8 Å². The molecule has 2 aromatic rings. The Bertz CT molecular complexity index is 1110. The van der Waals surface area contributed by atoms with E-state index in [4.69, 9.17) is 4.74 Å². The minimum absolute atomic E-state index is 0.0359. The Balaban J connectivity index is 2.11. The molecule has 0 heterocycles. The van der Waals surface area contributed by atoms with E-state index in [2.05, 4.69) is 21.3 Å². The summed E-state index contributed by atoms with van der Waals surface area (Å²) in [4.78, 5) is 62.6. The van der Waals surface area contributed by atoms with Crippen LogP contribution in [-0.4, -0.2) is 54.8 Å².